The number of nitriles is 2. The van der Waals surface area contributed by atoms with Crippen molar-refractivity contribution in [3.8, 4) is 34.7 Å². The molecule has 19 nitrogen and oxygen atoms in total. The number of carbonyl (C=O) groups excluding carboxylic acids is 3. The molecule has 1 aliphatic rings. The molecule has 1 saturated heterocycles. The fourth-order valence-electron chi connectivity index (χ4n) is 7.93. The molecule has 0 spiro atoms. The van der Waals surface area contributed by atoms with Gasteiger partial charge in [0.25, 0.3) is 11.8 Å². The summed E-state index contributed by atoms with van der Waals surface area (Å²) in [5.74, 6) is 0.0463. The standard InChI is InChI=1S/C51H51N15O4/c1-5-39(21-52)58-47(67)37-16-12-35(13-17-37)45-32(3)23-54-49(62-45)60-41-25-56-65(27-41)43-20-44(30-64(29-43)51(69)70-31-34-10-8-7-9-11-34)66-28-42(26-57-66)61-50-55-24-33(4)46(63-50)36-14-18-38(19-15-36)48(68)59-40(6-2)22-53/h7-19,23-28,39-40,43-44H,5-6,20,29-31H2,1-4H3,(H,58,67)(H,59,68)(H,54,60,62)(H,55,61,63)/t39-,40-,43?,44?/m0/s1. The smallest absolute Gasteiger partial charge is 0.410 e. The molecule has 19 heteroatoms. The molecular weight excluding hydrogens is 887 g/mol. The fraction of sp³-hybridized carbons (Fsp3) is 0.275. The monoisotopic (exact) mass is 937 g/mol. The number of hydrogen-bond donors (Lipinski definition) is 4. The number of rotatable bonds is 16. The van der Waals surface area contributed by atoms with E-state index in [1.807, 2.05) is 104 Å². The average Bonchev–Trinajstić information content (AvgIpc) is 4.08. The minimum absolute atomic E-state index is 0.122. The van der Waals surface area contributed by atoms with Gasteiger partial charge in [-0.15, -0.1) is 0 Å². The third kappa shape index (κ3) is 11.4. The lowest BCUT2D eigenvalue weighted by atomic mass is 10.0. The second kappa shape index (κ2) is 21.8. The Bertz CT molecular complexity index is 2870. The lowest BCUT2D eigenvalue weighted by Crippen LogP contribution is -2.45. The van der Waals surface area contributed by atoms with Crippen LogP contribution in [0.25, 0.3) is 22.5 Å². The van der Waals surface area contributed by atoms with E-state index < -0.39 is 18.2 Å². The second-order valence-electron chi connectivity index (χ2n) is 16.9. The van der Waals surface area contributed by atoms with Gasteiger partial charge in [0.15, 0.2) is 0 Å². The van der Waals surface area contributed by atoms with Gasteiger partial charge >= 0.3 is 6.09 Å². The van der Waals surface area contributed by atoms with E-state index in [1.54, 1.807) is 54.0 Å². The predicted molar refractivity (Wildman–Crippen MR) is 261 cm³/mol. The molecule has 4 aromatic heterocycles. The zero-order valence-electron chi connectivity index (χ0n) is 39.1. The van der Waals surface area contributed by atoms with Gasteiger partial charge in [0, 0.05) is 60.1 Å². The van der Waals surface area contributed by atoms with Crippen molar-refractivity contribution in [2.45, 2.75) is 77.7 Å². The Labute approximate surface area is 404 Å². The van der Waals surface area contributed by atoms with Crippen LogP contribution in [0.15, 0.2) is 116 Å². The summed E-state index contributed by atoms with van der Waals surface area (Å²) in [5, 5.41) is 39.9. The number of benzene rings is 3. The number of amides is 3. The largest absolute Gasteiger partial charge is 0.445 e. The molecule has 0 bridgehead atoms. The van der Waals surface area contributed by atoms with Crippen molar-refractivity contribution in [1.82, 2.24) is 55.0 Å². The van der Waals surface area contributed by atoms with E-state index in [1.165, 1.54) is 0 Å². The molecule has 8 rings (SSSR count). The summed E-state index contributed by atoms with van der Waals surface area (Å²) >= 11 is 0. The maximum atomic E-state index is 13.7. The third-order valence-electron chi connectivity index (χ3n) is 11.9. The Morgan fingerprint density at radius 3 is 1.56 bits per heavy atom. The number of aryl methyl sites for hydroxylation is 2. The first-order chi connectivity index (χ1) is 34.0. The summed E-state index contributed by atoms with van der Waals surface area (Å²) in [6.07, 6.45) is 11.6. The van der Waals surface area contributed by atoms with Gasteiger partial charge < -0.3 is 30.9 Å². The zero-order chi connectivity index (χ0) is 49.1. The average molecular weight is 938 g/mol. The second-order valence-corrected chi connectivity index (χ2v) is 16.9. The SMILES string of the molecule is CC[C@@H](C#N)NC(=O)c1ccc(-c2nc(Nc3cnn(C4CC(n5cc(Nc6ncc(C)c(-c7ccc(C(=O)N[C@H](C#N)CC)cc7)n6)cn5)CN(C(=O)OCc5ccccc5)C4)c3)ncc2C)cc1. The molecule has 4 atom stereocenters. The number of aromatic nitrogens is 8. The van der Waals surface area contributed by atoms with Crippen LogP contribution < -0.4 is 21.3 Å². The summed E-state index contributed by atoms with van der Waals surface area (Å²) < 4.78 is 9.45. The molecule has 1 aliphatic heterocycles. The summed E-state index contributed by atoms with van der Waals surface area (Å²) in [6.45, 7) is 8.28. The van der Waals surface area contributed by atoms with E-state index >= 15 is 0 Å². The van der Waals surface area contributed by atoms with Gasteiger partial charge in [-0.3, -0.25) is 19.0 Å². The lowest BCUT2D eigenvalue weighted by molar-refractivity contribution is 0.0642. The van der Waals surface area contributed by atoms with Gasteiger partial charge in [-0.2, -0.15) is 20.7 Å². The minimum atomic E-state index is -0.563. The fourth-order valence-corrected chi connectivity index (χ4v) is 7.93. The van der Waals surface area contributed by atoms with Crippen molar-refractivity contribution in [3.05, 3.63) is 144 Å². The summed E-state index contributed by atoms with van der Waals surface area (Å²) in [4.78, 5) is 59.4. The highest BCUT2D eigenvalue weighted by Gasteiger charge is 2.34. The molecule has 3 aromatic carbocycles. The molecule has 3 amide bonds. The zero-order valence-corrected chi connectivity index (χ0v) is 39.1. The maximum absolute atomic E-state index is 13.7. The van der Waals surface area contributed by atoms with Crippen molar-refractivity contribution in [2.75, 3.05) is 23.7 Å². The number of anilines is 4. The van der Waals surface area contributed by atoms with E-state index in [4.69, 9.17) is 24.9 Å². The van der Waals surface area contributed by atoms with Crippen molar-refractivity contribution >= 4 is 41.2 Å². The molecule has 354 valence electrons. The van der Waals surface area contributed by atoms with Crippen LogP contribution in [0.2, 0.25) is 0 Å². The first-order valence-electron chi connectivity index (χ1n) is 22.9. The molecule has 0 aliphatic carbocycles. The van der Waals surface area contributed by atoms with E-state index in [0.717, 1.165) is 27.8 Å². The van der Waals surface area contributed by atoms with Crippen LogP contribution in [0.5, 0.6) is 0 Å². The van der Waals surface area contributed by atoms with Crippen LogP contribution in [0, 0.1) is 36.5 Å². The number of likely N-dealkylation sites (tertiary alicyclic amines) is 1. The lowest BCUT2D eigenvalue weighted by Gasteiger charge is -2.37. The quantitative estimate of drug-likeness (QED) is 0.0718. The third-order valence-corrected chi connectivity index (χ3v) is 11.9. The normalized spacial score (nSPS) is 15.1. The number of nitrogens with one attached hydrogen (secondary N) is 4. The van der Waals surface area contributed by atoms with Crippen molar-refractivity contribution in [3.63, 3.8) is 0 Å². The first kappa shape index (κ1) is 47.5. The van der Waals surface area contributed by atoms with Crippen molar-refractivity contribution < 1.29 is 19.1 Å². The first-order valence-corrected chi connectivity index (χ1v) is 22.9. The Morgan fingerprint density at radius 1 is 0.671 bits per heavy atom. The van der Waals surface area contributed by atoms with Gasteiger partial charge in [0.05, 0.1) is 59.4 Å². The number of nitrogens with zero attached hydrogens (tertiary/aromatic N) is 11. The van der Waals surface area contributed by atoms with Crippen LogP contribution in [-0.4, -0.2) is 87.5 Å². The maximum Gasteiger partial charge on any atom is 0.410 e. The Hall–Kier alpha value is -8.97. The predicted octanol–water partition coefficient (Wildman–Crippen LogP) is 7.99. The molecule has 70 heavy (non-hydrogen) atoms. The van der Waals surface area contributed by atoms with Crippen LogP contribution >= 0.6 is 0 Å². The van der Waals surface area contributed by atoms with E-state index in [0.29, 0.717) is 78.1 Å². The Morgan fingerprint density at radius 2 is 1.13 bits per heavy atom. The van der Waals surface area contributed by atoms with Crippen molar-refractivity contribution in [1.29, 1.82) is 10.5 Å². The highest BCUT2D eigenvalue weighted by molar-refractivity contribution is 5.95. The molecule has 2 unspecified atom stereocenters. The van der Waals surface area contributed by atoms with Crippen LogP contribution in [0.1, 0.15) is 82.6 Å². The highest BCUT2D eigenvalue weighted by atomic mass is 16.6. The molecule has 5 heterocycles. The summed E-state index contributed by atoms with van der Waals surface area (Å²) in [6, 6.07) is 26.1. The molecule has 4 N–H and O–H groups in total. The van der Waals surface area contributed by atoms with Crippen LogP contribution in [0.3, 0.4) is 0 Å². The summed E-state index contributed by atoms with van der Waals surface area (Å²) in [7, 11) is 0. The number of piperidine rings is 1. The van der Waals surface area contributed by atoms with Gasteiger partial charge in [-0.25, -0.2) is 24.7 Å². The van der Waals surface area contributed by atoms with E-state index in [2.05, 4.69) is 43.4 Å². The molecule has 0 saturated carbocycles. The Balaban J connectivity index is 0.973. The summed E-state index contributed by atoms with van der Waals surface area (Å²) in [5.41, 5.74) is 7.63. The van der Waals surface area contributed by atoms with Gasteiger partial charge in [-0.1, -0.05) is 68.4 Å². The van der Waals surface area contributed by atoms with Crippen LogP contribution in [-0.2, 0) is 11.3 Å². The molecular formula is C51H51N15O4. The number of carbonyl (C=O) groups is 3. The van der Waals surface area contributed by atoms with Gasteiger partial charge in [-0.05, 0) is 74.1 Å². The van der Waals surface area contributed by atoms with E-state index in [-0.39, 0.29) is 30.5 Å². The molecule has 0 radical (unpaired) electrons. The number of hydrogen-bond acceptors (Lipinski definition) is 14. The topological polar surface area (TPSA) is 247 Å². The van der Waals surface area contributed by atoms with Gasteiger partial charge in [0.2, 0.25) is 11.9 Å². The van der Waals surface area contributed by atoms with Gasteiger partial charge in [0.1, 0.15) is 18.7 Å². The minimum Gasteiger partial charge on any atom is -0.445 e. The highest BCUT2D eigenvalue weighted by Crippen LogP contribution is 2.32. The van der Waals surface area contributed by atoms with Crippen LogP contribution in [0.4, 0.5) is 28.1 Å². The number of ether oxygens (including phenoxy) is 1. The van der Waals surface area contributed by atoms with E-state index in [9.17, 15) is 24.9 Å². The van der Waals surface area contributed by atoms with Crippen molar-refractivity contribution in [2.24, 2.45) is 0 Å². The molecule has 7 aromatic rings. The molecule has 1 fully saturated rings. The Kier molecular flexibility index (Phi) is 14.8.